The van der Waals surface area contributed by atoms with E-state index in [0.29, 0.717) is 0 Å². The summed E-state index contributed by atoms with van der Waals surface area (Å²) in [6.07, 6.45) is 4.47. The minimum atomic E-state index is -0.227. The molecular weight excluding hydrogens is 288 g/mol. The Hall–Kier alpha value is -1.55. The summed E-state index contributed by atoms with van der Waals surface area (Å²) in [4.78, 5) is 15.3. The fourth-order valence-corrected chi connectivity index (χ4v) is 4.00. The van der Waals surface area contributed by atoms with Crippen LogP contribution >= 0.6 is 0 Å². The lowest BCUT2D eigenvalue weighted by Gasteiger charge is -2.32. The van der Waals surface area contributed by atoms with Crippen molar-refractivity contribution >= 4 is 5.91 Å². The number of carbonyl (C=O) groups is 1. The van der Waals surface area contributed by atoms with Gasteiger partial charge in [0.1, 0.15) is 11.3 Å². The molecule has 0 spiro atoms. The number of carbonyl (C=O) groups excluding carboxylic acids is 1. The molecule has 1 amide bonds. The van der Waals surface area contributed by atoms with Crippen LogP contribution in [0.2, 0.25) is 0 Å². The van der Waals surface area contributed by atoms with Crippen molar-refractivity contribution in [2.75, 3.05) is 13.1 Å². The summed E-state index contributed by atoms with van der Waals surface area (Å²) in [6, 6.07) is 8.07. The predicted octanol–water partition coefficient (Wildman–Crippen LogP) is 3.28. The topological polar surface area (TPSA) is 41.6 Å². The van der Waals surface area contributed by atoms with Crippen molar-refractivity contribution in [3.8, 4) is 5.75 Å². The second-order valence-electron chi connectivity index (χ2n) is 7.16. The standard InChI is InChI=1S/C19H28N2O2/c1-14(2)23-17-8-6-16(7-9-17)15(3)20-18(22)19-10-4-12-21(19)13-5-11-19/h6-9,14-15H,4-5,10-13H2,1-3H3,(H,20,22). The van der Waals surface area contributed by atoms with Gasteiger partial charge in [0.2, 0.25) is 5.91 Å². The Morgan fingerprint density at radius 2 is 1.74 bits per heavy atom. The first-order valence-electron chi connectivity index (χ1n) is 8.84. The fraction of sp³-hybridized carbons (Fsp3) is 0.632. The molecule has 2 aliphatic heterocycles. The summed E-state index contributed by atoms with van der Waals surface area (Å²) in [7, 11) is 0. The minimum Gasteiger partial charge on any atom is -0.491 e. The average molecular weight is 316 g/mol. The molecule has 4 nitrogen and oxygen atoms in total. The summed E-state index contributed by atoms with van der Waals surface area (Å²) >= 11 is 0. The molecule has 2 saturated heterocycles. The van der Waals surface area contributed by atoms with Crippen LogP contribution in [0, 0.1) is 0 Å². The van der Waals surface area contributed by atoms with Crippen molar-refractivity contribution in [3.63, 3.8) is 0 Å². The highest BCUT2D eigenvalue weighted by Crippen LogP contribution is 2.39. The molecule has 0 aliphatic carbocycles. The van der Waals surface area contributed by atoms with Crippen molar-refractivity contribution in [1.29, 1.82) is 0 Å². The fourth-order valence-electron chi connectivity index (χ4n) is 4.00. The third-order valence-corrected chi connectivity index (χ3v) is 5.16. The van der Waals surface area contributed by atoms with Gasteiger partial charge in [0, 0.05) is 0 Å². The number of rotatable bonds is 5. The molecule has 1 aromatic rings. The molecule has 126 valence electrons. The summed E-state index contributed by atoms with van der Waals surface area (Å²) < 4.78 is 5.67. The number of hydrogen-bond donors (Lipinski definition) is 1. The smallest absolute Gasteiger partial charge is 0.240 e. The zero-order valence-electron chi connectivity index (χ0n) is 14.5. The number of nitrogens with zero attached hydrogens (tertiary/aromatic N) is 1. The van der Waals surface area contributed by atoms with Crippen LogP contribution < -0.4 is 10.1 Å². The average Bonchev–Trinajstić information content (AvgIpc) is 3.07. The van der Waals surface area contributed by atoms with Gasteiger partial charge in [0.05, 0.1) is 12.1 Å². The van der Waals surface area contributed by atoms with Crippen LogP contribution in [-0.2, 0) is 4.79 Å². The van der Waals surface area contributed by atoms with E-state index in [1.807, 2.05) is 38.1 Å². The van der Waals surface area contributed by atoms with E-state index in [9.17, 15) is 4.79 Å². The number of benzene rings is 1. The molecule has 1 unspecified atom stereocenters. The van der Waals surface area contributed by atoms with Crippen LogP contribution in [0.25, 0.3) is 0 Å². The van der Waals surface area contributed by atoms with Gasteiger partial charge in [-0.05, 0) is 77.2 Å². The normalized spacial score (nSPS) is 21.2. The van der Waals surface area contributed by atoms with E-state index in [1.54, 1.807) is 0 Å². The van der Waals surface area contributed by atoms with Gasteiger partial charge in [-0.3, -0.25) is 9.69 Å². The minimum absolute atomic E-state index is 0.0213. The van der Waals surface area contributed by atoms with Crippen LogP contribution in [0.15, 0.2) is 24.3 Å². The lowest BCUT2D eigenvalue weighted by Crippen LogP contribution is -2.52. The van der Waals surface area contributed by atoms with E-state index < -0.39 is 0 Å². The highest BCUT2D eigenvalue weighted by atomic mass is 16.5. The number of amides is 1. The van der Waals surface area contributed by atoms with Gasteiger partial charge in [-0.25, -0.2) is 0 Å². The number of nitrogens with one attached hydrogen (secondary N) is 1. The number of hydrogen-bond acceptors (Lipinski definition) is 3. The number of ether oxygens (including phenoxy) is 1. The third kappa shape index (κ3) is 3.23. The molecule has 0 radical (unpaired) electrons. The van der Waals surface area contributed by atoms with E-state index in [1.165, 1.54) is 0 Å². The zero-order chi connectivity index (χ0) is 16.4. The second-order valence-corrected chi connectivity index (χ2v) is 7.16. The van der Waals surface area contributed by atoms with Gasteiger partial charge in [-0.2, -0.15) is 0 Å². The summed E-state index contributed by atoms with van der Waals surface area (Å²) in [5.41, 5.74) is 0.892. The number of fused-ring (bicyclic) bond motifs is 1. The molecule has 2 heterocycles. The quantitative estimate of drug-likeness (QED) is 0.906. The Labute approximate surface area is 139 Å². The monoisotopic (exact) mass is 316 g/mol. The molecule has 2 aliphatic rings. The summed E-state index contributed by atoms with van der Waals surface area (Å²) in [5.74, 6) is 1.08. The molecule has 2 fully saturated rings. The zero-order valence-corrected chi connectivity index (χ0v) is 14.5. The first-order valence-corrected chi connectivity index (χ1v) is 8.84. The molecule has 3 rings (SSSR count). The summed E-state index contributed by atoms with van der Waals surface area (Å²) in [6.45, 7) is 8.24. The van der Waals surface area contributed by atoms with E-state index >= 15 is 0 Å². The van der Waals surface area contributed by atoms with Crippen molar-refractivity contribution in [2.24, 2.45) is 0 Å². The van der Waals surface area contributed by atoms with Gasteiger partial charge in [-0.1, -0.05) is 12.1 Å². The molecular formula is C19H28N2O2. The van der Waals surface area contributed by atoms with Gasteiger partial charge in [0.15, 0.2) is 0 Å². The van der Waals surface area contributed by atoms with Crippen LogP contribution in [0.1, 0.15) is 58.1 Å². The first kappa shape index (κ1) is 16.3. The first-order chi connectivity index (χ1) is 11.0. The maximum atomic E-state index is 12.9. The molecule has 1 N–H and O–H groups in total. The van der Waals surface area contributed by atoms with E-state index in [2.05, 4.69) is 17.1 Å². The van der Waals surface area contributed by atoms with Crippen LogP contribution in [-0.4, -0.2) is 35.5 Å². The predicted molar refractivity (Wildman–Crippen MR) is 91.5 cm³/mol. The Bertz CT molecular complexity index is 543. The van der Waals surface area contributed by atoms with E-state index in [0.717, 1.165) is 50.1 Å². The van der Waals surface area contributed by atoms with Gasteiger partial charge < -0.3 is 10.1 Å². The summed E-state index contributed by atoms with van der Waals surface area (Å²) in [5, 5.41) is 3.24. The third-order valence-electron chi connectivity index (χ3n) is 5.16. The Morgan fingerprint density at radius 1 is 1.13 bits per heavy atom. The van der Waals surface area contributed by atoms with Crippen molar-refractivity contribution in [1.82, 2.24) is 10.2 Å². The Morgan fingerprint density at radius 3 is 2.30 bits per heavy atom. The Kier molecular flexibility index (Phi) is 4.62. The van der Waals surface area contributed by atoms with Crippen molar-refractivity contribution in [3.05, 3.63) is 29.8 Å². The molecule has 4 heteroatoms. The largest absolute Gasteiger partial charge is 0.491 e. The Balaban J connectivity index is 1.64. The molecule has 0 saturated carbocycles. The molecule has 1 aromatic carbocycles. The molecule has 0 bridgehead atoms. The molecule has 0 aromatic heterocycles. The highest BCUT2D eigenvalue weighted by Gasteiger charge is 2.50. The lowest BCUT2D eigenvalue weighted by atomic mass is 9.92. The van der Waals surface area contributed by atoms with Crippen molar-refractivity contribution < 1.29 is 9.53 Å². The second kappa shape index (κ2) is 6.52. The highest BCUT2D eigenvalue weighted by molar-refractivity contribution is 5.87. The lowest BCUT2D eigenvalue weighted by molar-refractivity contribution is -0.131. The van der Waals surface area contributed by atoms with Gasteiger partial charge in [-0.15, -0.1) is 0 Å². The molecule has 1 atom stereocenters. The van der Waals surface area contributed by atoms with E-state index in [4.69, 9.17) is 4.74 Å². The van der Waals surface area contributed by atoms with E-state index in [-0.39, 0.29) is 23.6 Å². The maximum absolute atomic E-state index is 12.9. The van der Waals surface area contributed by atoms with Crippen LogP contribution in [0.3, 0.4) is 0 Å². The van der Waals surface area contributed by atoms with Crippen molar-refractivity contribution in [2.45, 2.75) is 64.1 Å². The van der Waals surface area contributed by atoms with Gasteiger partial charge in [0.25, 0.3) is 0 Å². The SMILES string of the molecule is CC(C)Oc1ccc(C(C)NC(=O)C23CCCN2CCC3)cc1. The molecule has 23 heavy (non-hydrogen) atoms. The van der Waals surface area contributed by atoms with Gasteiger partial charge >= 0.3 is 0 Å². The van der Waals surface area contributed by atoms with Crippen LogP contribution in [0.5, 0.6) is 5.75 Å². The van der Waals surface area contributed by atoms with Crippen LogP contribution in [0.4, 0.5) is 0 Å². The maximum Gasteiger partial charge on any atom is 0.240 e.